The Kier molecular flexibility index (Phi) is 2.45. The molecule has 2 aromatic heterocycles. The van der Waals surface area contributed by atoms with E-state index in [9.17, 15) is 4.79 Å². The van der Waals surface area contributed by atoms with Crippen molar-refractivity contribution < 1.29 is 4.79 Å². The fourth-order valence-electron chi connectivity index (χ4n) is 1.66. The van der Waals surface area contributed by atoms with Crippen molar-refractivity contribution in [3.63, 3.8) is 0 Å². The Hall–Kier alpha value is -1.66. The largest absolute Gasteiger partial charge is 0.346 e. The number of nitrogens with one attached hydrogen (secondary N) is 2. The van der Waals surface area contributed by atoms with Gasteiger partial charge in [-0.25, -0.2) is 4.98 Å². The molecule has 3 rings (SSSR count). The Morgan fingerprint density at radius 3 is 3.12 bits per heavy atom. The van der Waals surface area contributed by atoms with Crippen LogP contribution in [0.2, 0.25) is 0 Å². The topological polar surface area (TPSA) is 57.8 Å². The molecule has 6 heteroatoms. The van der Waals surface area contributed by atoms with Crippen molar-refractivity contribution in [1.82, 2.24) is 15.3 Å². The number of nitrogens with zero attached hydrogens (tertiary/aromatic N) is 1. The van der Waals surface area contributed by atoms with Gasteiger partial charge in [-0.05, 0) is 18.2 Å². The summed E-state index contributed by atoms with van der Waals surface area (Å²) >= 11 is 6.21. The minimum absolute atomic E-state index is 0.141. The summed E-state index contributed by atoms with van der Waals surface area (Å²) in [5, 5.41) is 3.58. The number of aromatic amines is 1. The van der Waals surface area contributed by atoms with Crippen molar-refractivity contribution in [2.24, 2.45) is 0 Å². The summed E-state index contributed by atoms with van der Waals surface area (Å²) < 4.78 is 0.499. The maximum absolute atomic E-state index is 11.5. The Labute approximate surface area is 106 Å². The molecule has 0 saturated carbocycles. The zero-order valence-corrected chi connectivity index (χ0v) is 10.2. The number of carbonyl (C=O) groups excluding carboxylic acids is 1. The zero-order valence-electron chi connectivity index (χ0n) is 8.56. The number of thiocarbonyl (C=S) groups is 1. The number of hydrogen-bond acceptors (Lipinski definition) is 4. The van der Waals surface area contributed by atoms with Crippen LogP contribution in [0.1, 0.15) is 5.56 Å². The Balaban J connectivity index is 2.08. The summed E-state index contributed by atoms with van der Waals surface area (Å²) in [7, 11) is 0. The Morgan fingerprint density at radius 1 is 1.47 bits per heavy atom. The van der Waals surface area contributed by atoms with Gasteiger partial charge in [-0.3, -0.25) is 4.79 Å². The lowest BCUT2D eigenvalue weighted by atomic mass is 10.2. The predicted molar refractivity (Wildman–Crippen MR) is 72.4 cm³/mol. The van der Waals surface area contributed by atoms with Crippen LogP contribution in [-0.4, -0.2) is 20.2 Å². The Morgan fingerprint density at radius 2 is 2.35 bits per heavy atom. The zero-order chi connectivity index (χ0) is 11.8. The molecular formula is C11H7N3OS2. The molecule has 1 fully saturated rings. The van der Waals surface area contributed by atoms with E-state index in [1.807, 2.05) is 24.4 Å². The second-order valence-electron chi connectivity index (χ2n) is 3.50. The first kappa shape index (κ1) is 10.5. The van der Waals surface area contributed by atoms with E-state index in [2.05, 4.69) is 15.3 Å². The minimum Gasteiger partial charge on any atom is -0.346 e. The maximum atomic E-state index is 11.5. The van der Waals surface area contributed by atoms with Crippen LogP contribution in [0.5, 0.6) is 0 Å². The highest BCUT2D eigenvalue weighted by molar-refractivity contribution is 8.26. The van der Waals surface area contributed by atoms with Crippen LogP contribution in [0.25, 0.3) is 17.1 Å². The molecule has 2 aromatic rings. The first-order valence-electron chi connectivity index (χ1n) is 4.91. The van der Waals surface area contributed by atoms with E-state index in [-0.39, 0.29) is 5.91 Å². The van der Waals surface area contributed by atoms with Gasteiger partial charge in [0.05, 0.1) is 4.91 Å². The molecule has 0 spiro atoms. The van der Waals surface area contributed by atoms with Crippen molar-refractivity contribution in [1.29, 1.82) is 0 Å². The third-order valence-electron chi connectivity index (χ3n) is 2.41. The van der Waals surface area contributed by atoms with E-state index < -0.39 is 0 Å². The van der Waals surface area contributed by atoms with Crippen LogP contribution in [0, 0.1) is 0 Å². The van der Waals surface area contributed by atoms with Gasteiger partial charge >= 0.3 is 0 Å². The number of hydrogen-bond donors (Lipinski definition) is 2. The molecule has 17 heavy (non-hydrogen) atoms. The lowest BCUT2D eigenvalue weighted by molar-refractivity contribution is -0.115. The van der Waals surface area contributed by atoms with Crippen LogP contribution < -0.4 is 5.32 Å². The molecule has 0 radical (unpaired) electrons. The Bertz CT molecular complexity index is 660. The number of pyridine rings is 1. The van der Waals surface area contributed by atoms with Crippen LogP contribution in [0.15, 0.2) is 29.4 Å². The lowest BCUT2D eigenvalue weighted by Crippen LogP contribution is -2.17. The van der Waals surface area contributed by atoms with E-state index >= 15 is 0 Å². The first-order valence-corrected chi connectivity index (χ1v) is 6.13. The molecular weight excluding hydrogens is 254 g/mol. The second kappa shape index (κ2) is 3.97. The maximum Gasteiger partial charge on any atom is 0.263 e. The number of amides is 1. The third-order valence-corrected chi connectivity index (χ3v) is 3.57. The minimum atomic E-state index is -0.141. The van der Waals surface area contributed by atoms with Gasteiger partial charge < -0.3 is 10.3 Å². The first-order chi connectivity index (χ1) is 8.24. The van der Waals surface area contributed by atoms with Crippen molar-refractivity contribution in [3.05, 3.63) is 35.0 Å². The van der Waals surface area contributed by atoms with E-state index in [0.717, 1.165) is 16.6 Å². The molecule has 4 nitrogen and oxygen atoms in total. The number of aromatic nitrogens is 2. The van der Waals surface area contributed by atoms with Gasteiger partial charge in [-0.15, -0.1) is 0 Å². The van der Waals surface area contributed by atoms with Gasteiger partial charge in [0.1, 0.15) is 9.97 Å². The third kappa shape index (κ3) is 1.85. The molecule has 0 aliphatic carbocycles. The highest BCUT2D eigenvalue weighted by atomic mass is 32.2. The SMILES string of the molecule is O=C1NC(=S)S/C1=C\c1c[nH]c2ncccc12. The fourth-order valence-corrected chi connectivity index (χ4v) is 2.69. The van der Waals surface area contributed by atoms with Gasteiger partial charge in [-0.2, -0.15) is 0 Å². The molecule has 0 bridgehead atoms. The smallest absolute Gasteiger partial charge is 0.263 e. The lowest BCUT2D eigenvalue weighted by Gasteiger charge is -1.92. The molecule has 84 valence electrons. The van der Waals surface area contributed by atoms with Gasteiger partial charge in [0.2, 0.25) is 0 Å². The van der Waals surface area contributed by atoms with Gasteiger partial charge in [0, 0.05) is 23.3 Å². The predicted octanol–water partition coefficient (Wildman–Crippen LogP) is 2.05. The molecule has 3 heterocycles. The standard InChI is InChI=1S/C11H7N3OS2/c15-10-8(17-11(16)14-10)4-6-5-13-9-7(6)2-1-3-12-9/h1-5H,(H,12,13)(H,14,15,16)/b8-4-. The van der Waals surface area contributed by atoms with Gasteiger partial charge in [-0.1, -0.05) is 24.0 Å². The van der Waals surface area contributed by atoms with E-state index in [1.165, 1.54) is 11.8 Å². The van der Waals surface area contributed by atoms with Crippen LogP contribution in [0.3, 0.4) is 0 Å². The molecule has 1 amide bonds. The number of thioether (sulfide) groups is 1. The summed E-state index contributed by atoms with van der Waals surface area (Å²) in [4.78, 5) is 19.4. The van der Waals surface area contributed by atoms with E-state index in [0.29, 0.717) is 9.23 Å². The number of carbonyl (C=O) groups is 1. The van der Waals surface area contributed by atoms with Crippen LogP contribution in [-0.2, 0) is 4.79 Å². The molecule has 0 atom stereocenters. The van der Waals surface area contributed by atoms with Gasteiger partial charge in [0.25, 0.3) is 5.91 Å². The number of rotatable bonds is 1. The van der Waals surface area contributed by atoms with Crippen molar-refractivity contribution in [2.45, 2.75) is 0 Å². The van der Waals surface area contributed by atoms with Crippen molar-refractivity contribution in [2.75, 3.05) is 0 Å². The fraction of sp³-hybridized carbons (Fsp3) is 0. The number of fused-ring (bicyclic) bond motifs is 1. The van der Waals surface area contributed by atoms with E-state index in [4.69, 9.17) is 12.2 Å². The second-order valence-corrected chi connectivity index (χ2v) is 5.21. The van der Waals surface area contributed by atoms with Crippen molar-refractivity contribution >= 4 is 51.3 Å². The summed E-state index contributed by atoms with van der Waals surface area (Å²) in [6, 6.07) is 3.83. The normalized spacial score (nSPS) is 18.0. The van der Waals surface area contributed by atoms with Crippen LogP contribution >= 0.6 is 24.0 Å². The highest BCUT2D eigenvalue weighted by Gasteiger charge is 2.22. The average Bonchev–Trinajstić information content (AvgIpc) is 2.85. The average molecular weight is 261 g/mol. The summed E-state index contributed by atoms with van der Waals surface area (Å²) in [5.41, 5.74) is 1.75. The molecule has 0 aromatic carbocycles. The molecule has 1 saturated heterocycles. The quantitative estimate of drug-likeness (QED) is 0.609. The monoisotopic (exact) mass is 261 g/mol. The molecule has 1 aliphatic rings. The number of H-pyrrole nitrogens is 1. The molecule has 2 N–H and O–H groups in total. The summed E-state index contributed by atoms with van der Waals surface area (Å²) in [6.45, 7) is 0. The van der Waals surface area contributed by atoms with Gasteiger partial charge in [0.15, 0.2) is 0 Å². The summed E-state index contributed by atoms with van der Waals surface area (Å²) in [5.74, 6) is -0.141. The molecule has 1 aliphatic heterocycles. The summed E-state index contributed by atoms with van der Waals surface area (Å²) in [6.07, 6.45) is 5.38. The van der Waals surface area contributed by atoms with E-state index in [1.54, 1.807) is 6.20 Å². The highest BCUT2D eigenvalue weighted by Crippen LogP contribution is 2.27. The van der Waals surface area contributed by atoms with Crippen LogP contribution in [0.4, 0.5) is 0 Å². The molecule has 0 unspecified atom stereocenters. The van der Waals surface area contributed by atoms with Crippen molar-refractivity contribution in [3.8, 4) is 0 Å².